The number of hydrogen-bond donors (Lipinski definition) is 2. The molecule has 2 N–H and O–H groups in total. The fraction of sp³-hybridized carbons (Fsp3) is 0.429. The van der Waals surface area contributed by atoms with Crippen LogP contribution in [0.15, 0.2) is 30.3 Å². The molecule has 1 aliphatic carbocycles. The Labute approximate surface area is 182 Å². The van der Waals surface area contributed by atoms with E-state index in [2.05, 4.69) is 15.5 Å². The number of amides is 1. The first-order chi connectivity index (χ1) is 15.0. The molecule has 9 nitrogen and oxygen atoms in total. The number of benzene rings is 1. The molecule has 10 heteroatoms. The Balaban J connectivity index is 0.000000858. The number of carbonyl (C=O) groups is 4. The van der Waals surface area contributed by atoms with Gasteiger partial charge in [-0.3, -0.25) is 19.2 Å². The zero-order valence-corrected chi connectivity index (χ0v) is 17.6. The van der Waals surface area contributed by atoms with Gasteiger partial charge in [-0.25, -0.2) is 0 Å². The fourth-order valence-electron chi connectivity index (χ4n) is 4.03. The minimum absolute atomic E-state index is 0.0474. The molecule has 1 spiro atoms. The van der Waals surface area contributed by atoms with Gasteiger partial charge in [0.25, 0.3) is 6.47 Å². The number of rotatable bonds is 6. The summed E-state index contributed by atoms with van der Waals surface area (Å²) < 4.78 is 5.52. The third-order valence-electron chi connectivity index (χ3n) is 5.45. The maximum Gasteiger partial charge on any atom is 0.307 e. The van der Waals surface area contributed by atoms with Crippen molar-refractivity contribution in [3.8, 4) is 0 Å². The number of esters is 1. The SMILES string of the molecule is O=C1CC(C(=O)Nc2nnc(CCC(=O)c3ccccc3)s2)C2(CCCC2)O1.O=CO. The number of nitrogens with one attached hydrogen (secondary N) is 1. The second-order valence-electron chi connectivity index (χ2n) is 7.39. The Bertz CT molecular complexity index is 940. The summed E-state index contributed by atoms with van der Waals surface area (Å²) in [7, 11) is 0. The summed E-state index contributed by atoms with van der Waals surface area (Å²) in [6.07, 6.45) is 4.32. The molecule has 1 amide bonds. The lowest BCUT2D eigenvalue weighted by Crippen LogP contribution is -2.39. The highest BCUT2D eigenvalue weighted by molar-refractivity contribution is 7.15. The van der Waals surface area contributed by atoms with Crippen LogP contribution in [-0.2, 0) is 25.5 Å². The summed E-state index contributed by atoms with van der Waals surface area (Å²) in [5, 5.41) is 18.8. The number of anilines is 1. The summed E-state index contributed by atoms with van der Waals surface area (Å²) in [6, 6.07) is 9.12. The third kappa shape index (κ3) is 5.52. The molecule has 0 bridgehead atoms. The Morgan fingerprint density at radius 3 is 2.58 bits per heavy atom. The summed E-state index contributed by atoms with van der Waals surface area (Å²) in [5.74, 6) is -0.976. The lowest BCUT2D eigenvalue weighted by Gasteiger charge is -2.27. The maximum absolute atomic E-state index is 12.7. The molecular formula is C21H23N3O6S. The minimum atomic E-state index is -0.642. The molecule has 1 unspecified atom stereocenters. The summed E-state index contributed by atoms with van der Waals surface area (Å²) in [6.45, 7) is -0.250. The normalized spacial score (nSPS) is 18.7. The molecule has 164 valence electrons. The van der Waals surface area contributed by atoms with Crippen LogP contribution in [0.1, 0.15) is 53.9 Å². The van der Waals surface area contributed by atoms with Crippen LogP contribution in [0, 0.1) is 5.92 Å². The number of carboxylic acid groups (broad SMARTS) is 1. The molecule has 31 heavy (non-hydrogen) atoms. The highest BCUT2D eigenvalue weighted by Crippen LogP contribution is 2.46. The van der Waals surface area contributed by atoms with E-state index in [1.165, 1.54) is 11.3 Å². The van der Waals surface area contributed by atoms with Crippen LogP contribution in [0.5, 0.6) is 0 Å². The van der Waals surface area contributed by atoms with Crippen LogP contribution >= 0.6 is 11.3 Å². The van der Waals surface area contributed by atoms with Crippen molar-refractivity contribution in [3.05, 3.63) is 40.9 Å². The van der Waals surface area contributed by atoms with Crippen LogP contribution in [0.25, 0.3) is 0 Å². The highest BCUT2D eigenvalue weighted by atomic mass is 32.1. The quantitative estimate of drug-likeness (QED) is 0.394. The number of ketones is 1. The van der Waals surface area contributed by atoms with Gasteiger partial charge in [-0.15, -0.1) is 10.2 Å². The number of aryl methyl sites for hydroxylation is 1. The number of hydrogen-bond acceptors (Lipinski definition) is 8. The first-order valence-electron chi connectivity index (χ1n) is 9.98. The van der Waals surface area contributed by atoms with Crippen LogP contribution < -0.4 is 5.32 Å². The molecule has 1 aromatic heterocycles. The number of ether oxygens (including phenoxy) is 1. The molecular weight excluding hydrogens is 422 g/mol. The van der Waals surface area contributed by atoms with Gasteiger partial charge < -0.3 is 15.2 Å². The minimum Gasteiger partial charge on any atom is -0.483 e. The van der Waals surface area contributed by atoms with Gasteiger partial charge in [-0.2, -0.15) is 0 Å². The maximum atomic E-state index is 12.7. The van der Waals surface area contributed by atoms with Crippen molar-refractivity contribution in [2.45, 2.75) is 50.5 Å². The van der Waals surface area contributed by atoms with Gasteiger partial charge in [0, 0.05) is 18.4 Å². The van der Waals surface area contributed by atoms with E-state index >= 15 is 0 Å². The van der Waals surface area contributed by atoms with E-state index in [9.17, 15) is 14.4 Å². The van der Waals surface area contributed by atoms with Gasteiger partial charge >= 0.3 is 5.97 Å². The number of carbonyl (C=O) groups excluding carboxylic acids is 3. The molecule has 0 radical (unpaired) electrons. The summed E-state index contributed by atoms with van der Waals surface area (Å²) in [4.78, 5) is 45.1. The average molecular weight is 445 g/mol. The second-order valence-corrected chi connectivity index (χ2v) is 8.45. The molecule has 1 aromatic carbocycles. The van der Waals surface area contributed by atoms with E-state index in [0.717, 1.165) is 25.7 Å². The van der Waals surface area contributed by atoms with E-state index < -0.39 is 11.5 Å². The number of Topliss-reactive ketones (excluding diaryl/α,β-unsaturated/α-hetero) is 1. The molecule has 2 aromatic rings. The largest absolute Gasteiger partial charge is 0.483 e. The monoisotopic (exact) mass is 445 g/mol. The molecule has 2 fully saturated rings. The van der Waals surface area contributed by atoms with Crippen molar-refractivity contribution < 1.29 is 29.0 Å². The average Bonchev–Trinajstić information content (AvgIpc) is 3.49. The van der Waals surface area contributed by atoms with Gasteiger partial charge in [0.15, 0.2) is 5.78 Å². The standard InChI is InChI=1S/C20H21N3O4S.CH2O2/c24-15(13-6-2-1-3-7-13)8-9-16-22-23-19(28-16)21-18(26)14-12-17(25)27-20(14)10-4-5-11-20;2-1-3/h1-3,6-7,14H,4-5,8-12H2,(H,21,23,26);1H,(H,2,3). The Morgan fingerprint density at radius 1 is 1.23 bits per heavy atom. The smallest absolute Gasteiger partial charge is 0.307 e. The van der Waals surface area contributed by atoms with Crippen molar-refractivity contribution in [2.24, 2.45) is 5.92 Å². The van der Waals surface area contributed by atoms with E-state index in [0.29, 0.717) is 28.5 Å². The van der Waals surface area contributed by atoms with Crippen molar-refractivity contribution in [1.82, 2.24) is 10.2 Å². The zero-order chi connectivity index (χ0) is 22.3. The first kappa shape index (κ1) is 22.5. The van der Waals surface area contributed by atoms with Crippen LogP contribution in [0.2, 0.25) is 0 Å². The van der Waals surface area contributed by atoms with E-state index in [4.69, 9.17) is 14.6 Å². The molecule has 1 aliphatic heterocycles. The van der Waals surface area contributed by atoms with Crippen LogP contribution in [-0.4, -0.2) is 45.0 Å². The number of aromatic nitrogens is 2. The van der Waals surface area contributed by atoms with Gasteiger partial charge in [-0.05, 0) is 25.7 Å². The Hall–Kier alpha value is -3.14. The molecule has 1 atom stereocenters. The first-order valence-corrected chi connectivity index (χ1v) is 10.8. The molecule has 1 saturated carbocycles. The lowest BCUT2D eigenvalue weighted by molar-refractivity contribution is -0.149. The summed E-state index contributed by atoms with van der Waals surface area (Å²) in [5.41, 5.74) is 0.0323. The van der Waals surface area contributed by atoms with Crippen molar-refractivity contribution in [1.29, 1.82) is 0 Å². The van der Waals surface area contributed by atoms with E-state index in [1.807, 2.05) is 18.2 Å². The molecule has 2 aliphatic rings. The van der Waals surface area contributed by atoms with Gasteiger partial charge in [0.1, 0.15) is 10.6 Å². The molecule has 2 heterocycles. The lowest BCUT2D eigenvalue weighted by atomic mass is 9.85. The van der Waals surface area contributed by atoms with Crippen LogP contribution in [0.4, 0.5) is 5.13 Å². The van der Waals surface area contributed by atoms with Crippen molar-refractivity contribution in [3.63, 3.8) is 0 Å². The number of nitrogens with zero attached hydrogens (tertiary/aromatic N) is 2. The Morgan fingerprint density at radius 2 is 1.90 bits per heavy atom. The van der Waals surface area contributed by atoms with Gasteiger partial charge in [-0.1, -0.05) is 41.7 Å². The van der Waals surface area contributed by atoms with E-state index in [-0.39, 0.29) is 30.6 Å². The topological polar surface area (TPSA) is 136 Å². The third-order valence-corrected chi connectivity index (χ3v) is 6.35. The Kier molecular flexibility index (Phi) is 7.45. The zero-order valence-electron chi connectivity index (χ0n) is 16.8. The second kappa shape index (κ2) is 10.3. The van der Waals surface area contributed by atoms with Gasteiger partial charge in [0.05, 0.1) is 12.3 Å². The molecule has 4 rings (SSSR count). The highest BCUT2D eigenvalue weighted by Gasteiger charge is 2.54. The predicted octanol–water partition coefficient (Wildman–Crippen LogP) is 2.87. The van der Waals surface area contributed by atoms with Crippen molar-refractivity contribution >= 4 is 40.6 Å². The predicted molar refractivity (Wildman–Crippen MR) is 112 cm³/mol. The van der Waals surface area contributed by atoms with Gasteiger partial charge in [0.2, 0.25) is 11.0 Å². The van der Waals surface area contributed by atoms with E-state index in [1.54, 1.807) is 12.1 Å². The summed E-state index contributed by atoms with van der Waals surface area (Å²) >= 11 is 1.26. The molecule has 1 saturated heterocycles. The fourth-order valence-corrected chi connectivity index (χ4v) is 4.78. The van der Waals surface area contributed by atoms with Crippen molar-refractivity contribution in [2.75, 3.05) is 5.32 Å². The van der Waals surface area contributed by atoms with Crippen LogP contribution in [0.3, 0.4) is 0 Å².